The normalized spacial score (nSPS) is 15.3. The third-order valence-corrected chi connectivity index (χ3v) is 3.99. The van der Waals surface area contributed by atoms with E-state index in [1.165, 1.54) is 0 Å². The number of nitrogens with zero attached hydrogens (tertiary/aromatic N) is 3. The van der Waals surface area contributed by atoms with Crippen LogP contribution in [0.15, 0.2) is 48.3 Å². The average molecular weight is 306 g/mol. The van der Waals surface area contributed by atoms with Gasteiger partial charge in [0.2, 0.25) is 0 Å². The van der Waals surface area contributed by atoms with Crippen LogP contribution in [-0.4, -0.2) is 21.7 Å². The standard InChI is InChI=1S/C18H18N4O/c19-11-15(18(23)21-16-6-4-5-7-16)10-14-12-20-22(13-14)17-8-2-1-3-9-17/h1-3,8-10,12-13,16H,4-7H2,(H,21,23)/b15-10+. The number of nitrogens with one attached hydrogen (secondary N) is 1. The number of nitriles is 1. The molecule has 0 unspecified atom stereocenters. The SMILES string of the molecule is N#C/C(=C\c1cnn(-c2ccccc2)c1)C(=O)NC1CCCC1. The van der Waals surface area contributed by atoms with E-state index < -0.39 is 0 Å². The largest absolute Gasteiger partial charge is 0.349 e. The summed E-state index contributed by atoms with van der Waals surface area (Å²) in [6.07, 6.45) is 9.30. The fraction of sp³-hybridized carbons (Fsp3) is 0.278. The Labute approximate surface area is 135 Å². The highest BCUT2D eigenvalue weighted by Crippen LogP contribution is 2.18. The number of hydrogen-bond acceptors (Lipinski definition) is 3. The van der Waals surface area contributed by atoms with Crippen molar-refractivity contribution in [2.75, 3.05) is 0 Å². The Bertz CT molecular complexity index is 749. The molecule has 116 valence electrons. The van der Waals surface area contributed by atoms with Gasteiger partial charge in [0, 0.05) is 17.8 Å². The van der Waals surface area contributed by atoms with Gasteiger partial charge in [-0.3, -0.25) is 4.79 Å². The van der Waals surface area contributed by atoms with E-state index in [0.717, 1.165) is 36.9 Å². The zero-order valence-electron chi connectivity index (χ0n) is 12.8. The lowest BCUT2D eigenvalue weighted by Gasteiger charge is -2.10. The topological polar surface area (TPSA) is 70.7 Å². The molecule has 1 fully saturated rings. The van der Waals surface area contributed by atoms with E-state index in [4.69, 9.17) is 0 Å². The second-order valence-electron chi connectivity index (χ2n) is 5.68. The molecule has 1 aromatic carbocycles. The third-order valence-electron chi connectivity index (χ3n) is 3.99. The van der Waals surface area contributed by atoms with E-state index >= 15 is 0 Å². The van der Waals surface area contributed by atoms with Crippen LogP contribution in [0.5, 0.6) is 0 Å². The molecule has 1 aliphatic carbocycles. The minimum atomic E-state index is -0.299. The molecule has 1 aromatic heterocycles. The number of carbonyl (C=O) groups is 1. The minimum Gasteiger partial charge on any atom is -0.349 e. The lowest BCUT2D eigenvalue weighted by Crippen LogP contribution is -2.33. The van der Waals surface area contributed by atoms with Crippen LogP contribution < -0.4 is 5.32 Å². The number of carbonyl (C=O) groups excluding carboxylic acids is 1. The van der Waals surface area contributed by atoms with Gasteiger partial charge in [0.1, 0.15) is 11.6 Å². The Morgan fingerprint density at radius 3 is 2.74 bits per heavy atom. The van der Waals surface area contributed by atoms with Gasteiger partial charge in [0.15, 0.2) is 0 Å². The zero-order valence-corrected chi connectivity index (χ0v) is 12.8. The monoisotopic (exact) mass is 306 g/mol. The van der Waals surface area contributed by atoms with E-state index in [9.17, 15) is 10.1 Å². The minimum absolute atomic E-state index is 0.115. The summed E-state index contributed by atoms with van der Waals surface area (Å²) < 4.78 is 1.72. The fourth-order valence-corrected chi connectivity index (χ4v) is 2.78. The first-order valence-corrected chi connectivity index (χ1v) is 7.79. The van der Waals surface area contributed by atoms with Crippen LogP contribution in [0.1, 0.15) is 31.2 Å². The van der Waals surface area contributed by atoms with Crippen LogP contribution in [0.4, 0.5) is 0 Å². The van der Waals surface area contributed by atoms with Gasteiger partial charge in [-0.15, -0.1) is 0 Å². The molecular formula is C18H18N4O. The first-order chi connectivity index (χ1) is 11.3. The van der Waals surface area contributed by atoms with Crippen molar-refractivity contribution >= 4 is 12.0 Å². The Balaban J connectivity index is 1.75. The van der Waals surface area contributed by atoms with E-state index in [2.05, 4.69) is 10.4 Å². The highest BCUT2D eigenvalue weighted by atomic mass is 16.1. The maximum Gasteiger partial charge on any atom is 0.262 e. The van der Waals surface area contributed by atoms with Gasteiger partial charge in [-0.2, -0.15) is 10.4 Å². The summed E-state index contributed by atoms with van der Waals surface area (Å²) in [5.74, 6) is -0.299. The van der Waals surface area contributed by atoms with E-state index in [-0.39, 0.29) is 17.5 Å². The second-order valence-corrected chi connectivity index (χ2v) is 5.68. The van der Waals surface area contributed by atoms with Crippen molar-refractivity contribution in [2.45, 2.75) is 31.7 Å². The molecular weight excluding hydrogens is 288 g/mol. The van der Waals surface area contributed by atoms with Crippen molar-refractivity contribution in [2.24, 2.45) is 0 Å². The summed E-state index contributed by atoms with van der Waals surface area (Å²) in [5.41, 5.74) is 1.78. The molecule has 1 saturated carbocycles. The molecule has 0 spiro atoms. The molecule has 5 nitrogen and oxygen atoms in total. The molecule has 3 rings (SSSR count). The number of aromatic nitrogens is 2. The molecule has 1 N–H and O–H groups in total. The zero-order chi connectivity index (χ0) is 16.1. The smallest absolute Gasteiger partial charge is 0.262 e. The highest BCUT2D eigenvalue weighted by Gasteiger charge is 2.19. The Kier molecular flexibility index (Phi) is 4.53. The number of rotatable bonds is 4. The van der Waals surface area contributed by atoms with Crippen molar-refractivity contribution in [1.29, 1.82) is 5.26 Å². The predicted octanol–water partition coefficient (Wildman–Crippen LogP) is 2.84. The lowest BCUT2D eigenvalue weighted by atomic mass is 10.1. The molecule has 5 heteroatoms. The molecule has 0 atom stereocenters. The van der Waals surface area contributed by atoms with Gasteiger partial charge >= 0.3 is 0 Å². The van der Waals surface area contributed by atoms with Crippen LogP contribution in [0.3, 0.4) is 0 Å². The Morgan fingerprint density at radius 2 is 2.04 bits per heavy atom. The summed E-state index contributed by atoms with van der Waals surface area (Å²) in [6.45, 7) is 0. The third kappa shape index (κ3) is 3.67. The first-order valence-electron chi connectivity index (χ1n) is 7.79. The molecule has 0 saturated heterocycles. The number of amides is 1. The Morgan fingerprint density at radius 1 is 1.30 bits per heavy atom. The average Bonchev–Trinajstić information content (AvgIpc) is 3.25. The van der Waals surface area contributed by atoms with Crippen LogP contribution in [-0.2, 0) is 4.79 Å². The van der Waals surface area contributed by atoms with Crippen molar-refractivity contribution in [3.63, 3.8) is 0 Å². The fourth-order valence-electron chi connectivity index (χ4n) is 2.78. The summed E-state index contributed by atoms with van der Waals surface area (Å²) in [6, 6.07) is 11.9. The summed E-state index contributed by atoms with van der Waals surface area (Å²) >= 11 is 0. The number of benzene rings is 1. The maximum absolute atomic E-state index is 12.2. The van der Waals surface area contributed by atoms with Crippen molar-refractivity contribution in [3.8, 4) is 11.8 Å². The first kappa shape index (κ1) is 15.0. The maximum atomic E-state index is 12.2. The summed E-state index contributed by atoms with van der Waals surface area (Å²) in [7, 11) is 0. The van der Waals surface area contributed by atoms with Crippen LogP contribution in [0.2, 0.25) is 0 Å². The molecule has 0 aliphatic heterocycles. The summed E-state index contributed by atoms with van der Waals surface area (Å²) in [4.78, 5) is 12.2. The second kappa shape index (κ2) is 6.93. The van der Waals surface area contributed by atoms with Crippen LogP contribution in [0, 0.1) is 11.3 Å². The Hall–Kier alpha value is -2.87. The highest BCUT2D eigenvalue weighted by molar-refractivity contribution is 6.01. The van der Waals surface area contributed by atoms with Crippen molar-refractivity contribution < 1.29 is 4.79 Å². The van der Waals surface area contributed by atoms with Crippen LogP contribution >= 0.6 is 0 Å². The van der Waals surface area contributed by atoms with E-state index in [1.807, 2.05) is 36.4 Å². The molecule has 23 heavy (non-hydrogen) atoms. The van der Waals surface area contributed by atoms with E-state index in [0.29, 0.717) is 0 Å². The molecule has 0 bridgehead atoms. The van der Waals surface area contributed by atoms with E-state index in [1.54, 1.807) is 23.2 Å². The molecule has 2 aromatic rings. The van der Waals surface area contributed by atoms with Gasteiger partial charge in [0.05, 0.1) is 11.9 Å². The van der Waals surface area contributed by atoms with Crippen molar-refractivity contribution in [3.05, 3.63) is 53.9 Å². The number of hydrogen-bond donors (Lipinski definition) is 1. The molecule has 1 heterocycles. The van der Waals surface area contributed by atoms with Gasteiger partial charge in [0.25, 0.3) is 5.91 Å². The quantitative estimate of drug-likeness (QED) is 0.697. The molecule has 0 radical (unpaired) electrons. The lowest BCUT2D eigenvalue weighted by molar-refractivity contribution is -0.117. The van der Waals surface area contributed by atoms with Gasteiger partial charge in [-0.05, 0) is 31.1 Å². The van der Waals surface area contributed by atoms with Gasteiger partial charge < -0.3 is 5.32 Å². The van der Waals surface area contributed by atoms with Gasteiger partial charge in [-0.25, -0.2) is 4.68 Å². The van der Waals surface area contributed by atoms with Crippen LogP contribution in [0.25, 0.3) is 11.8 Å². The van der Waals surface area contributed by atoms with Crippen molar-refractivity contribution in [1.82, 2.24) is 15.1 Å². The molecule has 1 amide bonds. The molecule has 1 aliphatic rings. The summed E-state index contributed by atoms with van der Waals surface area (Å²) in [5, 5.41) is 16.4. The van der Waals surface area contributed by atoms with Gasteiger partial charge in [-0.1, -0.05) is 31.0 Å². The predicted molar refractivity (Wildman–Crippen MR) is 87.6 cm³/mol. The number of para-hydroxylation sites is 1.